The average Bonchev–Trinajstić information content (AvgIpc) is 3.41. The standard InChI is InChI=1S/C24H27N5O/c1-17-7-9-18(10-8-17)23-29-20(16-30-23)12-14-27-24(25-2)26-13-11-19-15-28-22-6-4-3-5-21(19)22/h3-10,15-16,28H,11-14H2,1-2H3,(H2,25,26,27). The van der Waals surface area contributed by atoms with E-state index < -0.39 is 0 Å². The van der Waals surface area contributed by atoms with Crippen molar-refractivity contribution in [2.24, 2.45) is 4.99 Å². The van der Waals surface area contributed by atoms with Crippen LogP contribution in [0.15, 0.2) is 70.4 Å². The van der Waals surface area contributed by atoms with Crippen LogP contribution >= 0.6 is 0 Å². The smallest absolute Gasteiger partial charge is 0.226 e. The summed E-state index contributed by atoms with van der Waals surface area (Å²) in [4.78, 5) is 12.2. The topological polar surface area (TPSA) is 78.2 Å². The van der Waals surface area contributed by atoms with Crippen molar-refractivity contribution in [1.29, 1.82) is 0 Å². The molecule has 0 saturated heterocycles. The summed E-state index contributed by atoms with van der Waals surface area (Å²) in [6, 6.07) is 16.6. The molecule has 0 amide bonds. The molecule has 4 rings (SSSR count). The number of nitrogens with one attached hydrogen (secondary N) is 3. The lowest BCUT2D eigenvalue weighted by atomic mass is 10.1. The fourth-order valence-corrected chi connectivity index (χ4v) is 3.43. The zero-order chi connectivity index (χ0) is 20.8. The number of aliphatic imine (C=N–C) groups is 1. The van der Waals surface area contributed by atoms with Crippen LogP contribution in [0.4, 0.5) is 0 Å². The van der Waals surface area contributed by atoms with Crippen LogP contribution in [0.2, 0.25) is 0 Å². The number of fused-ring (bicyclic) bond motifs is 1. The highest BCUT2D eigenvalue weighted by molar-refractivity contribution is 5.83. The number of para-hydroxylation sites is 1. The molecule has 0 aliphatic rings. The summed E-state index contributed by atoms with van der Waals surface area (Å²) >= 11 is 0. The second-order valence-electron chi connectivity index (χ2n) is 7.30. The molecule has 6 heteroatoms. The normalized spacial score (nSPS) is 11.7. The van der Waals surface area contributed by atoms with Crippen LogP contribution in [0.25, 0.3) is 22.4 Å². The summed E-state index contributed by atoms with van der Waals surface area (Å²) in [6.45, 7) is 3.60. The molecule has 0 aliphatic heterocycles. The van der Waals surface area contributed by atoms with Crippen LogP contribution in [0.1, 0.15) is 16.8 Å². The average molecular weight is 402 g/mol. The van der Waals surface area contributed by atoms with E-state index >= 15 is 0 Å². The maximum atomic E-state index is 5.63. The first-order valence-corrected chi connectivity index (χ1v) is 10.2. The molecule has 0 aliphatic carbocycles. The molecule has 2 aromatic carbocycles. The molecule has 4 aromatic rings. The maximum absolute atomic E-state index is 5.63. The van der Waals surface area contributed by atoms with Gasteiger partial charge in [-0.1, -0.05) is 35.9 Å². The van der Waals surface area contributed by atoms with Crippen molar-refractivity contribution in [3.8, 4) is 11.5 Å². The summed E-state index contributed by atoms with van der Waals surface area (Å²) in [5.41, 5.74) is 5.62. The van der Waals surface area contributed by atoms with E-state index in [0.29, 0.717) is 5.89 Å². The summed E-state index contributed by atoms with van der Waals surface area (Å²) in [5, 5.41) is 7.99. The van der Waals surface area contributed by atoms with Gasteiger partial charge < -0.3 is 20.0 Å². The summed E-state index contributed by atoms with van der Waals surface area (Å²) < 4.78 is 5.63. The highest BCUT2D eigenvalue weighted by Gasteiger charge is 2.07. The van der Waals surface area contributed by atoms with Gasteiger partial charge in [0.25, 0.3) is 0 Å². The predicted molar refractivity (Wildman–Crippen MR) is 122 cm³/mol. The maximum Gasteiger partial charge on any atom is 0.226 e. The first kappa shape index (κ1) is 19.8. The van der Waals surface area contributed by atoms with Gasteiger partial charge >= 0.3 is 0 Å². The third-order valence-corrected chi connectivity index (χ3v) is 5.11. The van der Waals surface area contributed by atoms with Crippen LogP contribution in [-0.4, -0.2) is 36.1 Å². The second kappa shape index (κ2) is 9.31. The van der Waals surface area contributed by atoms with Crippen LogP contribution < -0.4 is 10.6 Å². The Hall–Kier alpha value is -3.54. The summed E-state index contributed by atoms with van der Waals surface area (Å²) in [7, 11) is 1.78. The van der Waals surface area contributed by atoms with Crippen LogP contribution in [-0.2, 0) is 12.8 Å². The largest absolute Gasteiger partial charge is 0.444 e. The molecule has 0 atom stereocenters. The van der Waals surface area contributed by atoms with Gasteiger partial charge in [-0.25, -0.2) is 4.98 Å². The lowest BCUT2D eigenvalue weighted by Gasteiger charge is -2.11. The Labute approximate surface area is 176 Å². The van der Waals surface area contributed by atoms with Crippen molar-refractivity contribution in [2.45, 2.75) is 19.8 Å². The van der Waals surface area contributed by atoms with Crippen molar-refractivity contribution in [3.05, 3.63) is 77.8 Å². The molecule has 6 nitrogen and oxygen atoms in total. The van der Waals surface area contributed by atoms with Crippen molar-refractivity contribution in [3.63, 3.8) is 0 Å². The zero-order valence-corrected chi connectivity index (χ0v) is 17.4. The van der Waals surface area contributed by atoms with E-state index in [1.54, 1.807) is 13.3 Å². The molecule has 0 spiro atoms. The van der Waals surface area contributed by atoms with E-state index in [9.17, 15) is 0 Å². The Balaban J connectivity index is 1.23. The SMILES string of the molecule is CN=C(NCCc1coc(-c2ccc(C)cc2)n1)NCCc1c[nH]c2ccccc12. The quantitative estimate of drug-likeness (QED) is 0.322. The van der Waals surface area contributed by atoms with Crippen molar-refractivity contribution < 1.29 is 4.42 Å². The number of hydrogen-bond donors (Lipinski definition) is 3. The number of aromatic amines is 1. The van der Waals surface area contributed by atoms with Gasteiger partial charge in [0, 0.05) is 49.2 Å². The van der Waals surface area contributed by atoms with Crippen LogP contribution in [0.5, 0.6) is 0 Å². The van der Waals surface area contributed by atoms with Crippen molar-refractivity contribution >= 4 is 16.9 Å². The minimum Gasteiger partial charge on any atom is -0.444 e. The molecular weight excluding hydrogens is 374 g/mol. The summed E-state index contributed by atoms with van der Waals surface area (Å²) in [6.07, 6.45) is 5.50. The molecule has 0 bridgehead atoms. The monoisotopic (exact) mass is 401 g/mol. The number of oxazole rings is 1. The molecule has 154 valence electrons. The fourth-order valence-electron chi connectivity index (χ4n) is 3.43. The molecule has 0 unspecified atom stereocenters. The van der Waals surface area contributed by atoms with E-state index in [2.05, 4.69) is 69.0 Å². The molecule has 0 radical (unpaired) electrons. The Morgan fingerprint density at radius 1 is 1.03 bits per heavy atom. The zero-order valence-electron chi connectivity index (χ0n) is 17.4. The van der Waals surface area contributed by atoms with Crippen molar-refractivity contribution in [1.82, 2.24) is 20.6 Å². The molecule has 30 heavy (non-hydrogen) atoms. The first-order chi connectivity index (χ1) is 14.7. The number of aromatic nitrogens is 2. The van der Waals surface area contributed by atoms with Crippen LogP contribution in [0, 0.1) is 6.92 Å². The van der Waals surface area contributed by atoms with Gasteiger partial charge in [0.1, 0.15) is 6.26 Å². The number of hydrogen-bond acceptors (Lipinski definition) is 3. The molecule has 2 heterocycles. The number of guanidine groups is 1. The van der Waals surface area contributed by atoms with E-state index in [4.69, 9.17) is 4.42 Å². The lowest BCUT2D eigenvalue weighted by molar-refractivity contribution is 0.572. The Morgan fingerprint density at radius 3 is 2.60 bits per heavy atom. The van der Waals surface area contributed by atoms with E-state index in [1.807, 2.05) is 18.2 Å². The summed E-state index contributed by atoms with van der Waals surface area (Å²) in [5.74, 6) is 1.45. The van der Waals surface area contributed by atoms with Gasteiger partial charge in [0.2, 0.25) is 5.89 Å². The number of H-pyrrole nitrogens is 1. The predicted octanol–water partition coefficient (Wildman–Crippen LogP) is 4.08. The lowest BCUT2D eigenvalue weighted by Crippen LogP contribution is -2.39. The highest BCUT2D eigenvalue weighted by atomic mass is 16.3. The second-order valence-corrected chi connectivity index (χ2v) is 7.30. The highest BCUT2D eigenvalue weighted by Crippen LogP contribution is 2.19. The number of rotatable bonds is 7. The Bertz CT molecular complexity index is 1120. The minimum atomic E-state index is 0.659. The van der Waals surface area contributed by atoms with Gasteiger partial charge in [0.05, 0.1) is 5.69 Å². The van der Waals surface area contributed by atoms with Gasteiger partial charge in [-0.15, -0.1) is 0 Å². The Morgan fingerprint density at radius 2 is 1.80 bits per heavy atom. The van der Waals surface area contributed by atoms with Crippen LogP contribution in [0.3, 0.4) is 0 Å². The molecular formula is C24H27N5O. The van der Waals surface area contributed by atoms with Gasteiger partial charge in [0.15, 0.2) is 5.96 Å². The first-order valence-electron chi connectivity index (χ1n) is 10.2. The molecule has 0 fully saturated rings. The fraction of sp³-hybridized carbons (Fsp3) is 0.250. The van der Waals surface area contributed by atoms with Gasteiger partial charge in [-0.05, 0) is 37.1 Å². The van der Waals surface area contributed by atoms with E-state index in [1.165, 1.54) is 22.0 Å². The number of aryl methyl sites for hydroxylation is 1. The number of benzene rings is 2. The third-order valence-electron chi connectivity index (χ3n) is 5.11. The van der Waals surface area contributed by atoms with E-state index in [0.717, 1.165) is 43.1 Å². The molecule has 2 aromatic heterocycles. The number of nitrogens with zero attached hydrogens (tertiary/aromatic N) is 2. The van der Waals surface area contributed by atoms with Gasteiger partial charge in [-0.3, -0.25) is 4.99 Å². The molecule has 3 N–H and O–H groups in total. The third kappa shape index (κ3) is 4.71. The van der Waals surface area contributed by atoms with E-state index in [-0.39, 0.29) is 0 Å². The van der Waals surface area contributed by atoms with Gasteiger partial charge in [-0.2, -0.15) is 0 Å². The Kier molecular flexibility index (Phi) is 6.13. The minimum absolute atomic E-state index is 0.659. The molecule has 0 saturated carbocycles. The van der Waals surface area contributed by atoms with Crippen molar-refractivity contribution in [2.75, 3.05) is 20.1 Å².